The lowest BCUT2D eigenvalue weighted by Crippen LogP contribution is -2.24. The molecule has 0 unspecified atom stereocenters. The Labute approximate surface area is 226 Å². The maximum absolute atomic E-state index is 14.8. The summed E-state index contributed by atoms with van der Waals surface area (Å²) in [5.74, 6) is -11.6. The van der Waals surface area contributed by atoms with Crippen molar-refractivity contribution in [2.24, 2.45) is 0 Å². The van der Waals surface area contributed by atoms with E-state index in [1.54, 1.807) is 6.92 Å². The van der Waals surface area contributed by atoms with Gasteiger partial charge in [0.05, 0.1) is 5.56 Å². The molecule has 0 aliphatic rings. The van der Waals surface area contributed by atoms with Crippen LogP contribution in [0.1, 0.15) is 30.0 Å². The lowest BCUT2D eigenvalue weighted by Gasteiger charge is -2.21. The third-order valence-electron chi connectivity index (χ3n) is 5.92. The monoisotopic (exact) mass is 588 g/mol. The number of rotatable bonds is 9. The van der Waals surface area contributed by atoms with Gasteiger partial charge in [0.2, 0.25) is 0 Å². The predicted molar refractivity (Wildman–Crippen MR) is 128 cm³/mol. The van der Waals surface area contributed by atoms with Gasteiger partial charge in [-0.25, -0.2) is 26.3 Å². The maximum Gasteiger partial charge on any atom is 0.429 e. The van der Waals surface area contributed by atoms with Gasteiger partial charge in [0.15, 0.2) is 29.1 Å². The molecule has 0 bridgehead atoms. The number of hydrogen-bond donors (Lipinski definition) is 0. The molecule has 0 aliphatic carbocycles. The summed E-state index contributed by atoms with van der Waals surface area (Å²) in [6.45, 7) is 1.79. The highest BCUT2D eigenvalue weighted by Crippen LogP contribution is 2.38. The van der Waals surface area contributed by atoms with Crippen LogP contribution in [0.25, 0.3) is 11.1 Å². The molecule has 0 spiro atoms. The van der Waals surface area contributed by atoms with Gasteiger partial charge < -0.3 is 9.47 Å². The van der Waals surface area contributed by atoms with E-state index in [1.807, 2.05) is 0 Å². The van der Waals surface area contributed by atoms with Gasteiger partial charge in [-0.15, -0.1) is 0 Å². The lowest BCUT2D eigenvalue weighted by atomic mass is 9.99. The second kappa shape index (κ2) is 11.3. The molecule has 0 amide bonds. The predicted octanol–water partition coefficient (Wildman–Crippen LogP) is 9.40. The van der Waals surface area contributed by atoms with Crippen LogP contribution in [0.3, 0.4) is 0 Å². The van der Waals surface area contributed by atoms with Crippen LogP contribution in [-0.2, 0) is 18.6 Å². The molecule has 41 heavy (non-hydrogen) atoms. The Morgan fingerprint density at radius 3 is 1.76 bits per heavy atom. The Bertz CT molecular complexity index is 1550. The number of aryl methyl sites for hydroxylation is 1. The normalized spacial score (nSPS) is 12.0. The van der Waals surface area contributed by atoms with Crippen molar-refractivity contribution in [3.8, 4) is 22.6 Å². The molecular weight excluding hydrogens is 570 g/mol. The van der Waals surface area contributed by atoms with Gasteiger partial charge in [0.25, 0.3) is 0 Å². The van der Waals surface area contributed by atoms with E-state index in [0.29, 0.717) is 25.0 Å². The molecule has 0 heterocycles. The van der Waals surface area contributed by atoms with Crippen molar-refractivity contribution in [2.45, 2.75) is 32.0 Å². The Kier molecular flexibility index (Phi) is 8.23. The van der Waals surface area contributed by atoms with Crippen LogP contribution in [0.4, 0.5) is 43.9 Å². The van der Waals surface area contributed by atoms with E-state index in [2.05, 4.69) is 9.47 Å². The zero-order valence-corrected chi connectivity index (χ0v) is 20.9. The minimum Gasteiger partial charge on any atom is -0.429 e. The van der Waals surface area contributed by atoms with Crippen LogP contribution >= 0.6 is 0 Å². The van der Waals surface area contributed by atoms with Gasteiger partial charge in [-0.05, 0) is 41.8 Å². The Morgan fingerprint density at radius 2 is 1.17 bits per heavy atom. The minimum atomic E-state index is -4.55. The van der Waals surface area contributed by atoms with E-state index in [9.17, 15) is 43.9 Å². The van der Waals surface area contributed by atoms with Crippen molar-refractivity contribution >= 4 is 0 Å². The first-order valence-electron chi connectivity index (χ1n) is 11.9. The van der Waals surface area contributed by atoms with Crippen molar-refractivity contribution in [1.29, 1.82) is 0 Å². The SMILES string of the molecule is CCCc1ccc(-c2ccc(C(F)(F)Oc3ccc(C(F)(F)Oc4cc(F)c(F)c(F)c4)c(F)c3)cc2)c(F)c1F. The maximum atomic E-state index is 14.8. The Balaban J connectivity index is 1.52. The summed E-state index contributed by atoms with van der Waals surface area (Å²) in [7, 11) is 0. The molecule has 216 valence electrons. The second-order valence-corrected chi connectivity index (χ2v) is 8.81. The Hall–Kier alpha value is -4.22. The van der Waals surface area contributed by atoms with Crippen LogP contribution < -0.4 is 9.47 Å². The van der Waals surface area contributed by atoms with Gasteiger partial charge >= 0.3 is 12.2 Å². The first-order chi connectivity index (χ1) is 19.2. The fraction of sp³-hybridized carbons (Fsp3) is 0.172. The molecule has 0 radical (unpaired) electrons. The average Bonchev–Trinajstić information content (AvgIpc) is 2.89. The van der Waals surface area contributed by atoms with Gasteiger partial charge in [-0.1, -0.05) is 37.6 Å². The number of alkyl halides is 4. The summed E-state index contributed by atoms with van der Waals surface area (Å²) in [5.41, 5.74) is -2.18. The molecule has 12 heteroatoms. The largest absolute Gasteiger partial charge is 0.429 e. The van der Waals surface area contributed by atoms with E-state index in [0.717, 1.165) is 24.3 Å². The first-order valence-corrected chi connectivity index (χ1v) is 11.9. The van der Waals surface area contributed by atoms with Crippen LogP contribution in [0, 0.1) is 34.9 Å². The molecule has 0 aromatic heterocycles. The fourth-order valence-corrected chi connectivity index (χ4v) is 3.92. The number of halogens is 10. The van der Waals surface area contributed by atoms with Crippen LogP contribution in [0.2, 0.25) is 0 Å². The molecule has 0 fully saturated rings. The van der Waals surface area contributed by atoms with Crippen molar-refractivity contribution < 1.29 is 53.4 Å². The van der Waals surface area contributed by atoms with E-state index in [-0.39, 0.29) is 34.9 Å². The van der Waals surface area contributed by atoms with Crippen molar-refractivity contribution in [3.05, 3.63) is 118 Å². The molecule has 0 saturated carbocycles. The van der Waals surface area contributed by atoms with Gasteiger partial charge in [0, 0.05) is 23.8 Å². The summed E-state index contributed by atoms with van der Waals surface area (Å²) in [6.07, 6.45) is -7.78. The molecule has 0 N–H and O–H groups in total. The molecule has 0 saturated heterocycles. The smallest absolute Gasteiger partial charge is 0.429 e. The second-order valence-electron chi connectivity index (χ2n) is 8.81. The summed E-state index contributed by atoms with van der Waals surface area (Å²) >= 11 is 0. The average molecular weight is 588 g/mol. The minimum absolute atomic E-state index is 0.0857. The Morgan fingerprint density at radius 1 is 0.585 bits per heavy atom. The lowest BCUT2D eigenvalue weighted by molar-refractivity contribution is -0.188. The van der Waals surface area contributed by atoms with Gasteiger partial charge in [-0.2, -0.15) is 17.6 Å². The highest BCUT2D eigenvalue weighted by Gasteiger charge is 2.40. The van der Waals surface area contributed by atoms with E-state index in [4.69, 9.17) is 0 Å². The number of ether oxygens (including phenoxy) is 2. The molecule has 4 rings (SSSR count). The number of benzene rings is 4. The van der Waals surface area contributed by atoms with Crippen LogP contribution in [0.5, 0.6) is 11.5 Å². The van der Waals surface area contributed by atoms with Gasteiger partial charge in [-0.3, -0.25) is 0 Å². The molecule has 2 nitrogen and oxygen atoms in total. The zero-order valence-electron chi connectivity index (χ0n) is 20.9. The van der Waals surface area contributed by atoms with E-state index < -0.39 is 69.7 Å². The highest BCUT2D eigenvalue weighted by molar-refractivity contribution is 5.65. The third-order valence-corrected chi connectivity index (χ3v) is 5.92. The van der Waals surface area contributed by atoms with Gasteiger partial charge in [0.1, 0.15) is 22.9 Å². The van der Waals surface area contributed by atoms with Crippen molar-refractivity contribution in [1.82, 2.24) is 0 Å². The molecular formula is C29H18F10O2. The zero-order chi connectivity index (χ0) is 30.1. The molecule has 0 atom stereocenters. The summed E-state index contributed by atoms with van der Waals surface area (Å²) in [5, 5.41) is 0. The molecule has 0 aliphatic heterocycles. The molecule has 4 aromatic rings. The first kappa shape index (κ1) is 29.8. The van der Waals surface area contributed by atoms with Crippen molar-refractivity contribution in [3.63, 3.8) is 0 Å². The van der Waals surface area contributed by atoms with Crippen molar-refractivity contribution in [2.75, 3.05) is 0 Å². The highest BCUT2D eigenvalue weighted by atomic mass is 19.3. The quantitative estimate of drug-likeness (QED) is 0.143. The summed E-state index contributed by atoms with van der Waals surface area (Å²) in [4.78, 5) is 0. The van der Waals surface area contributed by atoms with Crippen LogP contribution in [0.15, 0.2) is 66.7 Å². The summed E-state index contributed by atoms with van der Waals surface area (Å²) in [6, 6.07) is 7.96. The van der Waals surface area contributed by atoms with E-state index >= 15 is 0 Å². The molecule has 4 aromatic carbocycles. The third kappa shape index (κ3) is 6.26. The number of hydrogen-bond acceptors (Lipinski definition) is 2. The fourth-order valence-electron chi connectivity index (χ4n) is 3.92. The topological polar surface area (TPSA) is 18.5 Å². The summed E-state index contributed by atoms with van der Waals surface area (Å²) < 4.78 is 150. The van der Waals surface area contributed by atoms with Crippen LogP contribution in [-0.4, -0.2) is 0 Å². The standard InChI is InChI=1S/C29H18F10O2/c1-2-3-16-6-10-20(26(34)25(16)33)15-4-7-17(8-5-15)28(36,37)40-18-9-11-21(22(30)12-18)29(38,39)41-19-13-23(31)27(35)24(32)14-19/h4-14H,2-3H2,1H3. The van der Waals surface area contributed by atoms with E-state index in [1.165, 1.54) is 12.1 Å².